The van der Waals surface area contributed by atoms with Crippen molar-refractivity contribution < 1.29 is 19.0 Å². The van der Waals surface area contributed by atoms with Gasteiger partial charge in [0.05, 0.1) is 3.79 Å². The van der Waals surface area contributed by atoms with Crippen LogP contribution in [0.2, 0.25) is 0 Å². The van der Waals surface area contributed by atoms with Gasteiger partial charge in [0.1, 0.15) is 6.61 Å². The SMILES string of the molecule is O=C(/C=C/c1ccc2c(c1)OCO2)OCc1csc(Br)c1. The molecule has 1 aromatic heterocycles. The molecule has 0 saturated carbocycles. The van der Waals surface area contributed by atoms with Gasteiger partial charge in [-0.1, -0.05) is 6.07 Å². The second kappa shape index (κ2) is 6.32. The Bertz CT molecular complexity index is 693. The molecule has 21 heavy (non-hydrogen) atoms. The Kier molecular flexibility index (Phi) is 4.26. The molecule has 0 bridgehead atoms. The van der Waals surface area contributed by atoms with Crippen LogP contribution in [0.4, 0.5) is 0 Å². The Hall–Kier alpha value is -1.79. The van der Waals surface area contributed by atoms with Crippen LogP contribution < -0.4 is 9.47 Å². The number of hydrogen-bond donors (Lipinski definition) is 0. The Labute approximate surface area is 134 Å². The first-order valence-corrected chi connectivity index (χ1v) is 7.85. The summed E-state index contributed by atoms with van der Waals surface area (Å²) in [5.74, 6) is 1.03. The van der Waals surface area contributed by atoms with Crippen LogP contribution in [-0.2, 0) is 16.1 Å². The quantitative estimate of drug-likeness (QED) is 0.605. The van der Waals surface area contributed by atoms with Gasteiger partial charge in [-0.15, -0.1) is 11.3 Å². The number of carbonyl (C=O) groups excluding carboxylic acids is 1. The van der Waals surface area contributed by atoms with Crippen molar-refractivity contribution in [1.29, 1.82) is 0 Å². The lowest BCUT2D eigenvalue weighted by atomic mass is 10.2. The largest absolute Gasteiger partial charge is 0.458 e. The number of thiophene rings is 1. The number of ether oxygens (including phenoxy) is 3. The van der Waals surface area contributed by atoms with Crippen LogP contribution >= 0.6 is 27.3 Å². The standard InChI is InChI=1S/C15H11BrO4S/c16-14-6-11(8-21-14)7-18-15(17)4-2-10-1-3-12-13(5-10)20-9-19-12/h1-6,8H,7,9H2/b4-2+. The summed E-state index contributed by atoms with van der Waals surface area (Å²) in [4.78, 5) is 11.7. The minimum absolute atomic E-state index is 0.237. The normalized spacial score (nSPS) is 12.8. The van der Waals surface area contributed by atoms with Crippen molar-refractivity contribution >= 4 is 39.3 Å². The minimum atomic E-state index is -0.380. The maximum absolute atomic E-state index is 11.7. The first-order valence-electron chi connectivity index (χ1n) is 6.18. The molecule has 0 aliphatic carbocycles. The Morgan fingerprint density at radius 1 is 1.33 bits per heavy atom. The molecule has 0 N–H and O–H groups in total. The number of halogens is 1. The smallest absolute Gasteiger partial charge is 0.331 e. The first-order chi connectivity index (χ1) is 10.2. The molecule has 4 nitrogen and oxygen atoms in total. The van der Waals surface area contributed by atoms with E-state index in [2.05, 4.69) is 15.9 Å². The fraction of sp³-hybridized carbons (Fsp3) is 0.133. The van der Waals surface area contributed by atoms with Crippen molar-refractivity contribution in [1.82, 2.24) is 0 Å². The van der Waals surface area contributed by atoms with E-state index in [0.29, 0.717) is 5.75 Å². The molecule has 0 atom stereocenters. The van der Waals surface area contributed by atoms with Gasteiger partial charge in [-0.25, -0.2) is 4.79 Å². The summed E-state index contributed by atoms with van der Waals surface area (Å²) in [6.45, 7) is 0.507. The van der Waals surface area contributed by atoms with Gasteiger partial charge in [0.2, 0.25) is 6.79 Å². The second-order valence-corrected chi connectivity index (χ2v) is 6.60. The molecule has 1 aromatic carbocycles. The van der Waals surface area contributed by atoms with Gasteiger partial charge in [-0.05, 0) is 51.1 Å². The molecule has 2 heterocycles. The highest BCUT2D eigenvalue weighted by molar-refractivity contribution is 9.11. The number of esters is 1. The lowest BCUT2D eigenvalue weighted by Crippen LogP contribution is -1.99. The van der Waals surface area contributed by atoms with Gasteiger partial charge in [0, 0.05) is 11.6 Å². The third kappa shape index (κ3) is 3.65. The molecule has 0 fully saturated rings. The lowest BCUT2D eigenvalue weighted by Gasteiger charge is -2.00. The second-order valence-electron chi connectivity index (χ2n) is 4.31. The number of benzene rings is 1. The van der Waals surface area contributed by atoms with E-state index in [1.165, 1.54) is 6.08 Å². The molecule has 108 valence electrons. The highest BCUT2D eigenvalue weighted by Gasteiger charge is 2.12. The molecular weight excluding hydrogens is 356 g/mol. The van der Waals surface area contributed by atoms with Crippen LogP contribution in [0.5, 0.6) is 11.5 Å². The molecule has 1 aliphatic heterocycles. The topological polar surface area (TPSA) is 44.8 Å². The van der Waals surface area contributed by atoms with Crippen molar-refractivity contribution in [3.05, 3.63) is 50.6 Å². The lowest BCUT2D eigenvalue weighted by molar-refractivity contribution is -0.138. The first kappa shape index (κ1) is 14.2. The van der Waals surface area contributed by atoms with Crippen molar-refractivity contribution in [3.8, 4) is 11.5 Å². The fourth-order valence-electron chi connectivity index (χ4n) is 1.81. The molecule has 6 heteroatoms. The third-order valence-electron chi connectivity index (χ3n) is 2.81. The molecular formula is C15H11BrO4S. The summed E-state index contributed by atoms with van der Waals surface area (Å²) in [5.41, 5.74) is 1.83. The Morgan fingerprint density at radius 3 is 3.00 bits per heavy atom. The maximum atomic E-state index is 11.7. The average molecular weight is 367 g/mol. The summed E-state index contributed by atoms with van der Waals surface area (Å²) < 4.78 is 16.7. The van der Waals surface area contributed by atoms with E-state index < -0.39 is 0 Å². The molecule has 1 aliphatic rings. The van der Waals surface area contributed by atoms with Crippen molar-refractivity contribution in [2.24, 2.45) is 0 Å². The summed E-state index contributed by atoms with van der Waals surface area (Å²) in [5, 5.41) is 1.94. The zero-order chi connectivity index (χ0) is 14.7. The summed E-state index contributed by atoms with van der Waals surface area (Å²) in [6.07, 6.45) is 3.09. The monoisotopic (exact) mass is 366 g/mol. The van der Waals surface area contributed by atoms with Gasteiger partial charge >= 0.3 is 5.97 Å². The third-order valence-corrected chi connectivity index (χ3v) is 4.36. The predicted molar refractivity (Wildman–Crippen MR) is 83.4 cm³/mol. The van der Waals surface area contributed by atoms with Crippen LogP contribution in [0.3, 0.4) is 0 Å². The van der Waals surface area contributed by atoms with Crippen LogP contribution in [0, 0.1) is 0 Å². The molecule has 0 amide bonds. The Balaban J connectivity index is 1.56. The van der Waals surface area contributed by atoms with Crippen LogP contribution in [0.25, 0.3) is 6.08 Å². The molecule has 3 rings (SSSR count). The van der Waals surface area contributed by atoms with Gasteiger partial charge in [-0.3, -0.25) is 0 Å². The Morgan fingerprint density at radius 2 is 2.19 bits per heavy atom. The van der Waals surface area contributed by atoms with Crippen molar-refractivity contribution in [3.63, 3.8) is 0 Å². The number of carbonyl (C=O) groups is 1. The van der Waals surface area contributed by atoms with E-state index in [-0.39, 0.29) is 19.4 Å². The maximum Gasteiger partial charge on any atom is 0.331 e. The summed E-state index contributed by atoms with van der Waals surface area (Å²) in [6, 6.07) is 7.42. The molecule has 0 spiro atoms. The van der Waals surface area contributed by atoms with Gasteiger partial charge < -0.3 is 14.2 Å². The molecule has 0 radical (unpaired) electrons. The van der Waals surface area contributed by atoms with E-state index >= 15 is 0 Å². The van der Waals surface area contributed by atoms with Gasteiger partial charge in [-0.2, -0.15) is 0 Å². The number of fused-ring (bicyclic) bond motifs is 1. The van der Waals surface area contributed by atoms with E-state index in [1.54, 1.807) is 17.4 Å². The van der Waals surface area contributed by atoms with Gasteiger partial charge in [0.25, 0.3) is 0 Å². The van der Waals surface area contributed by atoms with Crippen LogP contribution in [0.1, 0.15) is 11.1 Å². The van der Waals surface area contributed by atoms with E-state index in [9.17, 15) is 4.79 Å². The summed E-state index contributed by atoms with van der Waals surface area (Å²) >= 11 is 4.93. The van der Waals surface area contributed by atoms with E-state index in [0.717, 1.165) is 20.7 Å². The van der Waals surface area contributed by atoms with Gasteiger partial charge in [0.15, 0.2) is 11.5 Å². The van der Waals surface area contributed by atoms with Crippen LogP contribution in [0.15, 0.2) is 39.5 Å². The number of rotatable bonds is 4. The number of hydrogen-bond acceptors (Lipinski definition) is 5. The highest BCUT2D eigenvalue weighted by atomic mass is 79.9. The average Bonchev–Trinajstić information content (AvgIpc) is 3.10. The van der Waals surface area contributed by atoms with E-state index in [4.69, 9.17) is 14.2 Å². The zero-order valence-electron chi connectivity index (χ0n) is 10.9. The minimum Gasteiger partial charge on any atom is -0.458 e. The molecule has 0 unspecified atom stereocenters. The summed E-state index contributed by atoms with van der Waals surface area (Å²) in [7, 11) is 0. The fourth-order valence-corrected chi connectivity index (χ4v) is 3.00. The zero-order valence-corrected chi connectivity index (χ0v) is 13.3. The van der Waals surface area contributed by atoms with Crippen molar-refractivity contribution in [2.75, 3.05) is 6.79 Å². The van der Waals surface area contributed by atoms with Crippen LogP contribution in [-0.4, -0.2) is 12.8 Å². The highest BCUT2D eigenvalue weighted by Crippen LogP contribution is 2.32. The van der Waals surface area contributed by atoms with E-state index in [1.807, 2.05) is 29.6 Å². The molecule has 2 aromatic rings. The van der Waals surface area contributed by atoms with Crippen molar-refractivity contribution in [2.45, 2.75) is 6.61 Å². The molecule has 0 saturated heterocycles. The predicted octanol–water partition coefficient (Wildman–Crippen LogP) is 4.00.